The summed E-state index contributed by atoms with van der Waals surface area (Å²) in [6.45, 7) is 0.917. The summed E-state index contributed by atoms with van der Waals surface area (Å²) in [5.74, 6) is 0.245. The third-order valence-electron chi connectivity index (χ3n) is 5.62. The molecule has 26 heavy (non-hydrogen) atoms. The highest BCUT2D eigenvalue weighted by Crippen LogP contribution is 2.32. The van der Waals surface area contributed by atoms with Gasteiger partial charge in [-0.25, -0.2) is 13.2 Å². The van der Waals surface area contributed by atoms with E-state index in [1.165, 1.54) is 0 Å². The van der Waals surface area contributed by atoms with Crippen molar-refractivity contribution in [2.75, 3.05) is 18.8 Å². The molecule has 2 atom stereocenters. The van der Waals surface area contributed by atoms with E-state index in [0.29, 0.717) is 19.4 Å². The van der Waals surface area contributed by atoms with Gasteiger partial charge in [-0.15, -0.1) is 0 Å². The molecule has 3 heterocycles. The Balaban J connectivity index is 1.49. The summed E-state index contributed by atoms with van der Waals surface area (Å²) in [4.78, 5) is 18.1. The largest absolute Gasteiger partial charge is 0.357 e. The van der Waals surface area contributed by atoms with Crippen molar-refractivity contribution in [3.05, 3.63) is 36.0 Å². The van der Waals surface area contributed by atoms with Gasteiger partial charge in [0.25, 0.3) is 0 Å². The number of likely N-dealkylation sites (tertiary alicyclic amines) is 1. The Morgan fingerprint density at radius 3 is 2.81 bits per heavy atom. The SMILES string of the molecule is O=C(NC[C@@H]1CCCS1(=O)=O)N1CCCC[C@@H]1c1cc2ccccc2[nH]1. The van der Waals surface area contributed by atoms with Crippen molar-refractivity contribution in [3.63, 3.8) is 0 Å². The minimum atomic E-state index is -3.04. The number of fused-ring (bicyclic) bond motifs is 1. The lowest BCUT2D eigenvalue weighted by molar-refractivity contribution is 0.150. The maximum atomic E-state index is 12.8. The van der Waals surface area contributed by atoms with E-state index in [1.807, 2.05) is 23.1 Å². The van der Waals surface area contributed by atoms with E-state index in [1.54, 1.807) is 0 Å². The zero-order chi connectivity index (χ0) is 18.1. The molecule has 0 saturated carbocycles. The first kappa shape index (κ1) is 17.4. The van der Waals surface area contributed by atoms with E-state index >= 15 is 0 Å². The molecule has 140 valence electrons. The van der Waals surface area contributed by atoms with Gasteiger partial charge in [0.2, 0.25) is 0 Å². The maximum Gasteiger partial charge on any atom is 0.318 e. The van der Waals surface area contributed by atoms with Crippen LogP contribution in [0.3, 0.4) is 0 Å². The smallest absolute Gasteiger partial charge is 0.318 e. The molecule has 1 aromatic carbocycles. The Labute approximate surface area is 153 Å². The summed E-state index contributed by atoms with van der Waals surface area (Å²) in [5, 5.41) is 3.59. The minimum absolute atomic E-state index is 0.0105. The summed E-state index contributed by atoms with van der Waals surface area (Å²) in [6.07, 6.45) is 4.33. The van der Waals surface area contributed by atoms with Crippen LogP contribution in [0.5, 0.6) is 0 Å². The number of para-hydroxylation sites is 1. The normalized spacial score (nSPS) is 25.5. The van der Waals surface area contributed by atoms with E-state index < -0.39 is 15.1 Å². The second kappa shape index (κ2) is 6.95. The van der Waals surface area contributed by atoms with Crippen LogP contribution >= 0.6 is 0 Å². The number of urea groups is 1. The minimum Gasteiger partial charge on any atom is -0.357 e. The van der Waals surface area contributed by atoms with E-state index in [4.69, 9.17) is 0 Å². The molecule has 0 spiro atoms. The molecule has 2 aliphatic rings. The molecular weight excluding hydrogens is 350 g/mol. The van der Waals surface area contributed by atoms with Crippen molar-refractivity contribution in [3.8, 4) is 0 Å². The standard InChI is InChI=1S/C19H25N3O3S/c23-19(20-13-15-7-5-11-26(15,24)25)22-10-4-3-9-18(22)17-12-14-6-1-2-8-16(14)21-17/h1-2,6,8,12,15,18,21H,3-5,7,9-11,13H2,(H,20,23)/t15-,18+/m0/s1. The van der Waals surface area contributed by atoms with Gasteiger partial charge >= 0.3 is 6.03 Å². The number of aromatic nitrogens is 1. The highest BCUT2D eigenvalue weighted by molar-refractivity contribution is 7.92. The predicted molar refractivity (Wildman–Crippen MR) is 102 cm³/mol. The number of carbonyl (C=O) groups is 1. The van der Waals surface area contributed by atoms with E-state index in [9.17, 15) is 13.2 Å². The lowest BCUT2D eigenvalue weighted by atomic mass is 9.99. The molecule has 4 rings (SSSR count). The first-order chi connectivity index (χ1) is 12.5. The molecule has 7 heteroatoms. The molecule has 2 amide bonds. The molecule has 2 aromatic rings. The third-order valence-corrected chi connectivity index (χ3v) is 7.89. The van der Waals surface area contributed by atoms with Crippen molar-refractivity contribution in [2.45, 2.75) is 43.4 Å². The number of nitrogens with one attached hydrogen (secondary N) is 2. The number of carbonyl (C=O) groups excluding carboxylic acids is 1. The second-order valence-electron chi connectivity index (χ2n) is 7.33. The summed E-state index contributed by atoms with van der Waals surface area (Å²) in [5.41, 5.74) is 2.13. The quantitative estimate of drug-likeness (QED) is 0.865. The summed E-state index contributed by atoms with van der Waals surface area (Å²) < 4.78 is 23.9. The number of hydrogen-bond donors (Lipinski definition) is 2. The van der Waals surface area contributed by atoms with Gasteiger partial charge in [0.15, 0.2) is 9.84 Å². The van der Waals surface area contributed by atoms with E-state index in [2.05, 4.69) is 22.4 Å². The second-order valence-corrected chi connectivity index (χ2v) is 9.73. The highest BCUT2D eigenvalue weighted by Gasteiger charge is 2.33. The molecule has 0 radical (unpaired) electrons. The fourth-order valence-corrected chi connectivity index (χ4v) is 5.93. The molecule has 2 fully saturated rings. The Kier molecular flexibility index (Phi) is 4.65. The average Bonchev–Trinajstić information content (AvgIpc) is 3.22. The number of rotatable bonds is 3. The number of nitrogens with zero attached hydrogens (tertiary/aromatic N) is 1. The lowest BCUT2D eigenvalue weighted by Gasteiger charge is -2.35. The molecule has 0 bridgehead atoms. The summed E-state index contributed by atoms with van der Waals surface area (Å²) in [6, 6.07) is 10.1. The first-order valence-corrected chi connectivity index (χ1v) is 11.1. The zero-order valence-electron chi connectivity index (χ0n) is 14.8. The average molecular weight is 375 g/mol. The fourth-order valence-electron chi connectivity index (χ4n) is 4.16. The highest BCUT2D eigenvalue weighted by atomic mass is 32.2. The molecule has 6 nitrogen and oxygen atoms in total. The fraction of sp³-hybridized carbons (Fsp3) is 0.526. The molecule has 2 aliphatic heterocycles. The lowest BCUT2D eigenvalue weighted by Crippen LogP contribution is -2.47. The van der Waals surface area contributed by atoms with Gasteiger partial charge in [0.05, 0.1) is 17.0 Å². The number of amides is 2. The van der Waals surface area contributed by atoms with Crippen molar-refractivity contribution in [1.82, 2.24) is 15.2 Å². The van der Waals surface area contributed by atoms with Gasteiger partial charge in [-0.2, -0.15) is 0 Å². The van der Waals surface area contributed by atoms with Crippen LogP contribution in [0.2, 0.25) is 0 Å². The molecule has 2 saturated heterocycles. The Bertz CT molecular complexity index is 873. The van der Waals surface area contributed by atoms with E-state index in [-0.39, 0.29) is 24.4 Å². The van der Waals surface area contributed by atoms with Crippen LogP contribution < -0.4 is 5.32 Å². The molecular formula is C19H25N3O3S. The van der Waals surface area contributed by atoms with Crippen LogP contribution in [-0.4, -0.2) is 48.4 Å². The number of hydrogen-bond acceptors (Lipinski definition) is 3. The zero-order valence-corrected chi connectivity index (χ0v) is 15.6. The summed E-state index contributed by atoms with van der Waals surface area (Å²) in [7, 11) is -3.04. The molecule has 0 unspecified atom stereocenters. The van der Waals surface area contributed by atoms with Crippen molar-refractivity contribution < 1.29 is 13.2 Å². The monoisotopic (exact) mass is 375 g/mol. The number of H-pyrrole nitrogens is 1. The van der Waals surface area contributed by atoms with Crippen LogP contribution in [-0.2, 0) is 9.84 Å². The number of benzene rings is 1. The van der Waals surface area contributed by atoms with Crippen LogP contribution in [0.25, 0.3) is 10.9 Å². The van der Waals surface area contributed by atoms with Crippen molar-refractivity contribution in [2.24, 2.45) is 0 Å². The number of sulfone groups is 1. The van der Waals surface area contributed by atoms with Gasteiger partial charge in [-0.05, 0) is 49.6 Å². The van der Waals surface area contributed by atoms with E-state index in [0.717, 1.165) is 35.9 Å². The third kappa shape index (κ3) is 3.32. The molecule has 1 aromatic heterocycles. The topological polar surface area (TPSA) is 82.3 Å². The van der Waals surface area contributed by atoms with Crippen molar-refractivity contribution in [1.29, 1.82) is 0 Å². The van der Waals surface area contributed by atoms with Crippen LogP contribution in [0.15, 0.2) is 30.3 Å². The maximum absolute atomic E-state index is 12.8. The predicted octanol–water partition coefficient (Wildman–Crippen LogP) is 2.98. The number of piperidine rings is 1. The first-order valence-electron chi connectivity index (χ1n) is 9.38. The molecule has 2 N–H and O–H groups in total. The number of aromatic amines is 1. The van der Waals surface area contributed by atoms with Gasteiger partial charge in [0.1, 0.15) is 0 Å². The Morgan fingerprint density at radius 2 is 2.04 bits per heavy atom. The van der Waals surface area contributed by atoms with Crippen LogP contribution in [0.1, 0.15) is 43.8 Å². The van der Waals surface area contributed by atoms with Crippen LogP contribution in [0, 0.1) is 0 Å². The van der Waals surface area contributed by atoms with Gasteiger partial charge < -0.3 is 15.2 Å². The molecule has 0 aliphatic carbocycles. The Hall–Kier alpha value is -2.02. The van der Waals surface area contributed by atoms with Crippen LogP contribution in [0.4, 0.5) is 4.79 Å². The van der Waals surface area contributed by atoms with Gasteiger partial charge in [-0.1, -0.05) is 18.2 Å². The summed E-state index contributed by atoms with van der Waals surface area (Å²) >= 11 is 0. The van der Waals surface area contributed by atoms with Gasteiger partial charge in [0, 0.05) is 24.3 Å². The van der Waals surface area contributed by atoms with Crippen molar-refractivity contribution >= 4 is 26.8 Å². The Morgan fingerprint density at radius 1 is 1.19 bits per heavy atom. The van der Waals surface area contributed by atoms with Gasteiger partial charge in [-0.3, -0.25) is 0 Å².